The van der Waals surface area contributed by atoms with Crippen LogP contribution in [0.15, 0.2) is 12.1 Å². The molecule has 0 spiro atoms. The van der Waals surface area contributed by atoms with Gasteiger partial charge in [-0.2, -0.15) is 0 Å². The Hall–Kier alpha value is -0.580. The van der Waals surface area contributed by atoms with E-state index in [9.17, 15) is 4.79 Å². The molecule has 2 heterocycles. The van der Waals surface area contributed by atoms with Crippen molar-refractivity contribution in [2.24, 2.45) is 5.92 Å². The van der Waals surface area contributed by atoms with Crippen LogP contribution in [0.3, 0.4) is 0 Å². The van der Waals surface area contributed by atoms with Gasteiger partial charge in [0.1, 0.15) is 0 Å². The highest BCUT2D eigenvalue weighted by Gasteiger charge is 2.21. The van der Waals surface area contributed by atoms with Crippen LogP contribution in [0.5, 0.6) is 0 Å². The summed E-state index contributed by atoms with van der Waals surface area (Å²) in [6.45, 7) is 2.89. The number of amides is 1. The van der Waals surface area contributed by atoms with Crippen molar-refractivity contribution in [2.75, 3.05) is 26.7 Å². The zero-order valence-electron chi connectivity index (χ0n) is 11.3. The number of aryl methyl sites for hydroxylation is 1. The summed E-state index contributed by atoms with van der Waals surface area (Å²) >= 11 is 7.46. The summed E-state index contributed by atoms with van der Waals surface area (Å²) < 4.78 is 0.801. The number of nitrogens with one attached hydrogen (secondary N) is 1. The Kier molecular flexibility index (Phi) is 5.67. The molecule has 1 amide bonds. The van der Waals surface area contributed by atoms with Crippen LogP contribution in [0.1, 0.15) is 24.1 Å². The summed E-state index contributed by atoms with van der Waals surface area (Å²) in [5, 5.41) is 3.22. The van der Waals surface area contributed by atoms with E-state index in [1.807, 2.05) is 24.1 Å². The van der Waals surface area contributed by atoms with Crippen LogP contribution in [0.4, 0.5) is 0 Å². The first kappa shape index (κ1) is 14.8. The summed E-state index contributed by atoms with van der Waals surface area (Å²) in [6.07, 6.45) is 3.66. The summed E-state index contributed by atoms with van der Waals surface area (Å²) in [4.78, 5) is 15.3. The molecule has 1 aromatic rings. The standard InChI is InChI=1S/C14H21ClN2OS/c1-16-10-11-6-8-17(9-7-11)14(18)5-3-12-2-4-13(15)19-12/h2,4,11,16H,3,5-10H2,1H3. The lowest BCUT2D eigenvalue weighted by molar-refractivity contribution is -0.132. The maximum Gasteiger partial charge on any atom is 0.222 e. The van der Waals surface area contributed by atoms with Gasteiger partial charge in [0.2, 0.25) is 5.91 Å². The van der Waals surface area contributed by atoms with Gasteiger partial charge in [0.25, 0.3) is 0 Å². The Balaban J connectivity index is 1.72. The van der Waals surface area contributed by atoms with Gasteiger partial charge in [-0.25, -0.2) is 0 Å². The van der Waals surface area contributed by atoms with Gasteiger partial charge in [0, 0.05) is 24.4 Å². The molecule has 3 nitrogen and oxygen atoms in total. The molecule has 0 radical (unpaired) electrons. The van der Waals surface area contributed by atoms with Gasteiger partial charge in [-0.3, -0.25) is 4.79 Å². The molecule has 1 saturated heterocycles. The molecule has 1 N–H and O–H groups in total. The quantitative estimate of drug-likeness (QED) is 0.907. The first-order chi connectivity index (χ1) is 9.19. The van der Waals surface area contributed by atoms with Gasteiger partial charge in [-0.15, -0.1) is 11.3 Å². The molecule has 19 heavy (non-hydrogen) atoms. The van der Waals surface area contributed by atoms with E-state index in [0.717, 1.165) is 49.2 Å². The highest BCUT2D eigenvalue weighted by Crippen LogP contribution is 2.23. The molecule has 1 fully saturated rings. The first-order valence-electron chi connectivity index (χ1n) is 6.85. The maximum absolute atomic E-state index is 12.1. The fourth-order valence-electron chi connectivity index (χ4n) is 2.55. The zero-order valence-corrected chi connectivity index (χ0v) is 12.9. The molecule has 1 aliphatic rings. The number of carbonyl (C=O) groups excluding carboxylic acids is 1. The fraction of sp³-hybridized carbons (Fsp3) is 0.643. The van der Waals surface area contributed by atoms with Crippen molar-refractivity contribution in [1.82, 2.24) is 10.2 Å². The van der Waals surface area contributed by atoms with Crippen LogP contribution in [0, 0.1) is 5.92 Å². The Bertz CT molecular complexity index is 413. The lowest BCUT2D eigenvalue weighted by atomic mass is 9.96. The third kappa shape index (κ3) is 4.48. The number of thiophene rings is 1. The highest BCUT2D eigenvalue weighted by molar-refractivity contribution is 7.16. The van der Waals surface area contributed by atoms with E-state index in [0.29, 0.717) is 6.42 Å². The molecule has 5 heteroatoms. The van der Waals surface area contributed by atoms with Gasteiger partial charge in [0.15, 0.2) is 0 Å². The number of piperidine rings is 1. The highest BCUT2D eigenvalue weighted by atomic mass is 35.5. The SMILES string of the molecule is CNCC1CCN(C(=O)CCc2ccc(Cl)s2)CC1. The predicted octanol–water partition coefficient (Wildman–Crippen LogP) is 2.79. The lowest BCUT2D eigenvalue weighted by Gasteiger charge is -2.32. The largest absolute Gasteiger partial charge is 0.343 e. The average Bonchev–Trinajstić information content (AvgIpc) is 2.83. The smallest absolute Gasteiger partial charge is 0.222 e. The number of rotatable bonds is 5. The molecule has 1 aliphatic heterocycles. The topological polar surface area (TPSA) is 32.3 Å². The van der Waals surface area contributed by atoms with Crippen LogP contribution in [-0.4, -0.2) is 37.5 Å². The summed E-state index contributed by atoms with van der Waals surface area (Å²) in [7, 11) is 1.99. The van der Waals surface area contributed by atoms with Gasteiger partial charge in [0.05, 0.1) is 4.34 Å². The molecule has 0 unspecified atom stereocenters. The molecule has 0 bridgehead atoms. The van der Waals surface area contributed by atoms with E-state index in [2.05, 4.69) is 5.32 Å². The fourth-order valence-corrected chi connectivity index (χ4v) is 3.64. The summed E-state index contributed by atoms with van der Waals surface area (Å²) in [5.41, 5.74) is 0. The molecule has 0 aromatic carbocycles. The van der Waals surface area contributed by atoms with Crippen LogP contribution in [0.2, 0.25) is 4.34 Å². The van der Waals surface area contributed by atoms with Crippen LogP contribution < -0.4 is 5.32 Å². The number of halogens is 1. The van der Waals surface area contributed by atoms with Crippen LogP contribution >= 0.6 is 22.9 Å². The molecule has 0 atom stereocenters. The summed E-state index contributed by atoms with van der Waals surface area (Å²) in [6, 6.07) is 3.91. The second-order valence-corrected chi connectivity index (χ2v) is 6.89. The predicted molar refractivity (Wildman–Crippen MR) is 80.9 cm³/mol. The zero-order chi connectivity index (χ0) is 13.7. The molecule has 2 rings (SSSR count). The van der Waals surface area contributed by atoms with Crippen LogP contribution in [-0.2, 0) is 11.2 Å². The molecular formula is C14H21ClN2OS. The van der Waals surface area contributed by atoms with Gasteiger partial charge < -0.3 is 10.2 Å². The van der Waals surface area contributed by atoms with Gasteiger partial charge in [-0.05, 0) is 50.9 Å². The minimum absolute atomic E-state index is 0.285. The van der Waals surface area contributed by atoms with E-state index in [1.165, 1.54) is 4.88 Å². The summed E-state index contributed by atoms with van der Waals surface area (Å²) in [5.74, 6) is 1.01. The molecule has 1 aromatic heterocycles. The minimum atomic E-state index is 0.285. The lowest BCUT2D eigenvalue weighted by Crippen LogP contribution is -2.40. The number of likely N-dealkylation sites (tertiary alicyclic amines) is 1. The van der Waals surface area contributed by atoms with Crippen molar-refractivity contribution in [3.05, 3.63) is 21.3 Å². The Labute approximate surface area is 123 Å². The molecule has 0 aliphatic carbocycles. The van der Waals surface area contributed by atoms with Crippen molar-refractivity contribution >= 4 is 28.8 Å². The first-order valence-corrected chi connectivity index (χ1v) is 8.05. The minimum Gasteiger partial charge on any atom is -0.343 e. The maximum atomic E-state index is 12.1. The molecule has 106 valence electrons. The second kappa shape index (κ2) is 7.27. The van der Waals surface area contributed by atoms with Crippen molar-refractivity contribution < 1.29 is 4.79 Å². The van der Waals surface area contributed by atoms with Crippen LogP contribution in [0.25, 0.3) is 0 Å². The third-order valence-corrected chi connectivity index (χ3v) is 4.97. The Morgan fingerprint density at radius 1 is 1.47 bits per heavy atom. The van der Waals surface area contributed by atoms with Gasteiger partial charge in [-0.1, -0.05) is 11.6 Å². The number of carbonyl (C=O) groups is 1. The van der Waals surface area contributed by atoms with E-state index >= 15 is 0 Å². The third-order valence-electron chi connectivity index (χ3n) is 3.67. The van der Waals surface area contributed by atoms with E-state index < -0.39 is 0 Å². The second-order valence-electron chi connectivity index (χ2n) is 5.09. The van der Waals surface area contributed by atoms with E-state index in [1.54, 1.807) is 11.3 Å². The Morgan fingerprint density at radius 3 is 2.79 bits per heavy atom. The number of hydrogen-bond donors (Lipinski definition) is 1. The molecule has 0 saturated carbocycles. The van der Waals surface area contributed by atoms with Crippen molar-refractivity contribution in [3.63, 3.8) is 0 Å². The normalized spacial score (nSPS) is 16.8. The van der Waals surface area contributed by atoms with E-state index in [-0.39, 0.29) is 5.91 Å². The average molecular weight is 301 g/mol. The van der Waals surface area contributed by atoms with Gasteiger partial charge >= 0.3 is 0 Å². The van der Waals surface area contributed by atoms with E-state index in [4.69, 9.17) is 11.6 Å². The monoisotopic (exact) mass is 300 g/mol. The molecular weight excluding hydrogens is 280 g/mol. The Morgan fingerprint density at radius 2 is 2.21 bits per heavy atom. The van der Waals surface area contributed by atoms with Crippen molar-refractivity contribution in [3.8, 4) is 0 Å². The number of hydrogen-bond acceptors (Lipinski definition) is 3. The van der Waals surface area contributed by atoms with Crippen molar-refractivity contribution in [2.45, 2.75) is 25.7 Å². The number of nitrogens with zero attached hydrogens (tertiary/aromatic N) is 1. The van der Waals surface area contributed by atoms with Crippen molar-refractivity contribution in [1.29, 1.82) is 0 Å².